The molecule has 0 saturated carbocycles. The van der Waals surface area contributed by atoms with E-state index in [2.05, 4.69) is 5.32 Å². The lowest BCUT2D eigenvalue weighted by molar-refractivity contribution is -0.137. The first-order valence-corrected chi connectivity index (χ1v) is 5.99. The van der Waals surface area contributed by atoms with Gasteiger partial charge in [-0.3, -0.25) is 0 Å². The van der Waals surface area contributed by atoms with Crippen molar-refractivity contribution in [1.29, 1.82) is 0 Å². The van der Waals surface area contributed by atoms with E-state index in [4.69, 9.17) is 4.74 Å². The average Bonchev–Trinajstić information content (AvgIpc) is 2.38. The molecular weight excluding hydrogens is 267 g/mol. The third-order valence-electron chi connectivity index (χ3n) is 2.87. The number of halogens is 3. The number of anilines is 2. The normalized spacial score (nSPS) is 11.2. The molecule has 1 N–H and O–H groups in total. The second kappa shape index (κ2) is 5.45. The van der Waals surface area contributed by atoms with Crippen LogP contribution in [0.4, 0.5) is 24.5 Å². The standard InChI is InChI=1S/C15H14F3NO/c1-10-8-13(6-7-14(10)20-2)19-12-5-3-4-11(9-12)15(16,17)18/h3-9,19H,1-2H3. The maximum Gasteiger partial charge on any atom is 0.416 e. The van der Waals surface area contributed by atoms with Gasteiger partial charge in [0.25, 0.3) is 0 Å². The molecule has 0 fully saturated rings. The summed E-state index contributed by atoms with van der Waals surface area (Å²) < 4.78 is 43.0. The molecule has 0 radical (unpaired) electrons. The van der Waals surface area contributed by atoms with E-state index < -0.39 is 11.7 Å². The zero-order chi connectivity index (χ0) is 14.8. The molecule has 0 aromatic heterocycles. The summed E-state index contributed by atoms with van der Waals surface area (Å²) in [6.45, 7) is 1.87. The molecule has 0 aliphatic rings. The van der Waals surface area contributed by atoms with Crippen LogP contribution < -0.4 is 10.1 Å². The fraction of sp³-hybridized carbons (Fsp3) is 0.200. The lowest BCUT2D eigenvalue weighted by atomic mass is 10.1. The summed E-state index contributed by atoms with van der Waals surface area (Å²) in [7, 11) is 1.57. The van der Waals surface area contributed by atoms with Gasteiger partial charge in [-0.25, -0.2) is 0 Å². The number of alkyl halides is 3. The average molecular weight is 281 g/mol. The number of aryl methyl sites for hydroxylation is 1. The molecule has 2 aromatic carbocycles. The molecule has 5 heteroatoms. The van der Waals surface area contributed by atoms with Crippen molar-refractivity contribution in [3.8, 4) is 5.75 Å². The maximum absolute atomic E-state index is 12.6. The predicted molar refractivity (Wildman–Crippen MR) is 72.5 cm³/mol. The Morgan fingerprint density at radius 1 is 1.00 bits per heavy atom. The van der Waals surface area contributed by atoms with Crippen LogP contribution in [-0.2, 0) is 6.18 Å². The van der Waals surface area contributed by atoms with Crippen molar-refractivity contribution in [1.82, 2.24) is 0 Å². The van der Waals surface area contributed by atoms with Crippen molar-refractivity contribution in [2.45, 2.75) is 13.1 Å². The number of ether oxygens (including phenoxy) is 1. The number of methoxy groups -OCH3 is 1. The Labute approximate surface area is 115 Å². The molecule has 0 amide bonds. The van der Waals surface area contributed by atoms with Gasteiger partial charge in [0.15, 0.2) is 0 Å². The van der Waals surface area contributed by atoms with E-state index in [1.807, 2.05) is 13.0 Å². The van der Waals surface area contributed by atoms with Gasteiger partial charge in [-0.05, 0) is 48.9 Å². The number of rotatable bonds is 3. The largest absolute Gasteiger partial charge is 0.496 e. The van der Waals surface area contributed by atoms with E-state index in [9.17, 15) is 13.2 Å². The van der Waals surface area contributed by atoms with Crippen molar-refractivity contribution in [3.63, 3.8) is 0 Å². The minimum atomic E-state index is -4.34. The number of nitrogens with one attached hydrogen (secondary N) is 1. The first-order chi connectivity index (χ1) is 9.40. The molecule has 0 aliphatic heterocycles. The van der Waals surface area contributed by atoms with Gasteiger partial charge in [-0.2, -0.15) is 13.2 Å². The number of hydrogen-bond acceptors (Lipinski definition) is 2. The Morgan fingerprint density at radius 2 is 1.70 bits per heavy atom. The first-order valence-electron chi connectivity index (χ1n) is 5.99. The highest BCUT2D eigenvalue weighted by atomic mass is 19.4. The monoisotopic (exact) mass is 281 g/mol. The zero-order valence-corrected chi connectivity index (χ0v) is 11.1. The SMILES string of the molecule is COc1ccc(Nc2cccc(C(F)(F)F)c2)cc1C. The van der Waals surface area contributed by atoms with Crippen molar-refractivity contribution in [2.24, 2.45) is 0 Å². The third kappa shape index (κ3) is 3.23. The highest BCUT2D eigenvalue weighted by molar-refractivity contribution is 5.62. The van der Waals surface area contributed by atoms with Crippen molar-refractivity contribution < 1.29 is 17.9 Å². The van der Waals surface area contributed by atoms with Crippen LogP contribution in [0.15, 0.2) is 42.5 Å². The maximum atomic E-state index is 12.6. The Bertz CT molecular complexity index is 608. The van der Waals surface area contributed by atoms with E-state index >= 15 is 0 Å². The summed E-state index contributed by atoms with van der Waals surface area (Å²) in [6, 6.07) is 10.4. The van der Waals surface area contributed by atoms with Gasteiger partial charge in [0.2, 0.25) is 0 Å². The van der Waals surface area contributed by atoms with Crippen molar-refractivity contribution in [3.05, 3.63) is 53.6 Å². The summed E-state index contributed by atoms with van der Waals surface area (Å²) in [4.78, 5) is 0. The van der Waals surface area contributed by atoms with Gasteiger partial charge >= 0.3 is 6.18 Å². The van der Waals surface area contributed by atoms with Gasteiger partial charge < -0.3 is 10.1 Å². The van der Waals surface area contributed by atoms with Crippen LogP contribution in [0.3, 0.4) is 0 Å². The molecule has 0 bridgehead atoms. The second-order valence-corrected chi connectivity index (χ2v) is 4.39. The van der Waals surface area contributed by atoms with Crippen LogP contribution in [0.5, 0.6) is 5.75 Å². The lowest BCUT2D eigenvalue weighted by Gasteiger charge is -2.12. The molecule has 0 unspecified atom stereocenters. The summed E-state index contributed by atoms with van der Waals surface area (Å²) >= 11 is 0. The molecule has 2 nitrogen and oxygen atoms in total. The van der Waals surface area contributed by atoms with Crippen LogP contribution >= 0.6 is 0 Å². The Morgan fingerprint density at radius 3 is 2.30 bits per heavy atom. The minimum absolute atomic E-state index is 0.393. The topological polar surface area (TPSA) is 21.3 Å². The van der Waals surface area contributed by atoms with E-state index in [1.54, 1.807) is 25.3 Å². The Balaban J connectivity index is 2.24. The molecule has 2 rings (SSSR count). The quantitative estimate of drug-likeness (QED) is 0.875. The van der Waals surface area contributed by atoms with Crippen LogP contribution in [0.2, 0.25) is 0 Å². The highest BCUT2D eigenvalue weighted by Gasteiger charge is 2.30. The molecule has 2 aromatic rings. The van der Waals surface area contributed by atoms with E-state index in [0.29, 0.717) is 11.4 Å². The molecule has 0 atom stereocenters. The summed E-state index contributed by atoms with van der Waals surface area (Å²) in [5.74, 6) is 0.736. The molecule has 20 heavy (non-hydrogen) atoms. The summed E-state index contributed by atoms with van der Waals surface area (Å²) in [5, 5.41) is 2.95. The van der Waals surface area contributed by atoms with Crippen molar-refractivity contribution in [2.75, 3.05) is 12.4 Å². The zero-order valence-electron chi connectivity index (χ0n) is 11.1. The Kier molecular flexibility index (Phi) is 3.88. The highest BCUT2D eigenvalue weighted by Crippen LogP contribution is 2.32. The molecular formula is C15H14F3NO. The van der Waals surface area contributed by atoms with E-state index in [0.717, 1.165) is 23.4 Å². The summed E-state index contributed by atoms with van der Waals surface area (Å²) in [6.07, 6.45) is -4.34. The fourth-order valence-electron chi connectivity index (χ4n) is 1.90. The second-order valence-electron chi connectivity index (χ2n) is 4.39. The minimum Gasteiger partial charge on any atom is -0.496 e. The van der Waals surface area contributed by atoms with Gasteiger partial charge in [-0.15, -0.1) is 0 Å². The van der Waals surface area contributed by atoms with Gasteiger partial charge in [0, 0.05) is 11.4 Å². The number of benzene rings is 2. The van der Waals surface area contributed by atoms with Crippen molar-refractivity contribution >= 4 is 11.4 Å². The molecule has 0 spiro atoms. The molecule has 0 heterocycles. The summed E-state index contributed by atoms with van der Waals surface area (Å²) in [5.41, 5.74) is 1.34. The molecule has 0 aliphatic carbocycles. The van der Waals surface area contributed by atoms with Crippen LogP contribution in [-0.4, -0.2) is 7.11 Å². The fourth-order valence-corrected chi connectivity index (χ4v) is 1.90. The first kappa shape index (κ1) is 14.2. The smallest absolute Gasteiger partial charge is 0.416 e. The van der Waals surface area contributed by atoms with E-state index in [1.165, 1.54) is 6.07 Å². The van der Waals surface area contributed by atoms with Crippen LogP contribution in [0.1, 0.15) is 11.1 Å². The number of hydrogen-bond donors (Lipinski definition) is 1. The van der Waals surface area contributed by atoms with Crippen LogP contribution in [0.25, 0.3) is 0 Å². The molecule has 106 valence electrons. The lowest BCUT2D eigenvalue weighted by Crippen LogP contribution is -2.05. The predicted octanol–water partition coefficient (Wildman–Crippen LogP) is 4.77. The van der Waals surface area contributed by atoms with Crippen LogP contribution in [0, 0.1) is 6.92 Å². The van der Waals surface area contributed by atoms with E-state index in [-0.39, 0.29) is 0 Å². The Hall–Kier alpha value is -2.17. The van der Waals surface area contributed by atoms with Gasteiger partial charge in [-0.1, -0.05) is 6.07 Å². The molecule has 0 saturated heterocycles. The van der Waals surface area contributed by atoms with Gasteiger partial charge in [0.1, 0.15) is 5.75 Å². The third-order valence-corrected chi connectivity index (χ3v) is 2.87. The van der Waals surface area contributed by atoms with Gasteiger partial charge in [0.05, 0.1) is 12.7 Å².